The van der Waals surface area contributed by atoms with Crippen LogP contribution in [0, 0.1) is 17.7 Å². The van der Waals surface area contributed by atoms with Crippen molar-refractivity contribution in [1.82, 2.24) is 9.21 Å². The number of rotatable bonds is 8. The Kier molecular flexibility index (Phi) is 9.44. The van der Waals surface area contributed by atoms with Gasteiger partial charge >= 0.3 is 0 Å². The zero-order chi connectivity index (χ0) is 29.0. The highest BCUT2D eigenvalue weighted by molar-refractivity contribution is 7.89. The summed E-state index contributed by atoms with van der Waals surface area (Å²) in [5.74, 6) is -1.59. The average molecular weight is 578 g/mol. The Morgan fingerprint density at radius 1 is 1.20 bits per heavy atom. The number of benzene rings is 2. The van der Waals surface area contributed by atoms with E-state index in [2.05, 4.69) is 5.32 Å². The second kappa shape index (κ2) is 12.6. The molecule has 2 aromatic rings. The molecule has 0 aromatic heterocycles. The van der Waals surface area contributed by atoms with Gasteiger partial charge in [-0.3, -0.25) is 9.59 Å². The molecule has 218 valence electrons. The number of anilines is 1. The number of carbonyl (C=O) groups is 2. The van der Waals surface area contributed by atoms with Crippen LogP contribution in [0.2, 0.25) is 0 Å². The molecule has 1 saturated heterocycles. The van der Waals surface area contributed by atoms with Crippen molar-refractivity contribution in [2.24, 2.45) is 11.8 Å². The van der Waals surface area contributed by atoms with Crippen LogP contribution in [0.4, 0.5) is 10.1 Å². The Labute approximate surface area is 234 Å². The van der Waals surface area contributed by atoms with E-state index in [0.29, 0.717) is 31.7 Å². The molecule has 2 aliphatic heterocycles. The maximum Gasteiger partial charge on any atom is 0.258 e. The smallest absolute Gasteiger partial charge is 0.258 e. The van der Waals surface area contributed by atoms with Crippen molar-refractivity contribution in [2.75, 3.05) is 45.3 Å². The van der Waals surface area contributed by atoms with E-state index in [4.69, 9.17) is 9.47 Å². The topological polar surface area (TPSA) is 125 Å². The van der Waals surface area contributed by atoms with Crippen LogP contribution in [0.3, 0.4) is 0 Å². The van der Waals surface area contributed by atoms with Crippen molar-refractivity contribution in [3.05, 3.63) is 53.8 Å². The SMILES string of the molecule is C[C@H]1CN([C@@H](C)CO)C(=O)c2cccc(NC(=O)C3CCOCC3)c2O[C@H]1CN(C)S(=O)(=O)c1ccc(F)cc1. The van der Waals surface area contributed by atoms with Crippen LogP contribution in [-0.2, 0) is 19.6 Å². The summed E-state index contributed by atoms with van der Waals surface area (Å²) >= 11 is 0. The predicted molar refractivity (Wildman–Crippen MR) is 146 cm³/mol. The molecule has 0 radical (unpaired) electrons. The lowest BCUT2D eigenvalue weighted by molar-refractivity contribution is -0.122. The fourth-order valence-corrected chi connectivity index (χ4v) is 6.08. The van der Waals surface area contributed by atoms with Crippen LogP contribution in [0.1, 0.15) is 37.0 Å². The monoisotopic (exact) mass is 577 g/mol. The largest absolute Gasteiger partial charge is 0.486 e. The number of hydrogen-bond donors (Lipinski definition) is 2. The summed E-state index contributed by atoms with van der Waals surface area (Å²) in [5.41, 5.74) is 0.508. The van der Waals surface area contributed by atoms with Crippen LogP contribution < -0.4 is 10.1 Å². The van der Waals surface area contributed by atoms with Crippen molar-refractivity contribution >= 4 is 27.5 Å². The van der Waals surface area contributed by atoms with Crippen LogP contribution in [0.15, 0.2) is 47.4 Å². The summed E-state index contributed by atoms with van der Waals surface area (Å²) in [7, 11) is -2.57. The van der Waals surface area contributed by atoms with Gasteiger partial charge in [0.1, 0.15) is 11.9 Å². The second-order valence-electron chi connectivity index (χ2n) is 10.4. The highest BCUT2D eigenvalue weighted by atomic mass is 32.2. The Morgan fingerprint density at radius 3 is 2.52 bits per heavy atom. The van der Waals surface area contributed by atoms with Crippen molar-refractivity contribution < 1.29 is 37.0 Å². The van der Waals surface area contributed by atoms with Crippen LogP contribution in [-0.4, -0.2) is 86.6 Å². The zero-order valence-corrected chi connectivity index (χ0v) is 23.7. The van der Waals surface area contributed by atoms with Gasteiger partial charge in [-0.1, -0.05) is 13.0 Å². The molecule has 2 N–H and O–H groups in total. The molecule has 2 aliphatic rings. The van der Waals surface area contributed by atoms with Crippen molar-refractivity contribution in [3.63, 3.8) is 0 Å². The molecule has 0 spiro atoms. The van der Waals surface area contributed by atoms with Gasteiger partial charge in [0, 0.05) is 38.6 Å². The molecule has 0 aliphatic carbocycles. The van der Waals surface area contributed by atoms with E-state index in [1.807, 2.05) is 6.92 Å². The molecule has 0 bridgehead atoms. The third-order valence-corrected chi connectivity index (χ3v) is 9.34. The summed E-state index contributed by atoms with van der Waals surface area (Å²) in [6.45, 7) is 4.39. The van der Waals surface area contributed by atoms with Gasteiger partial charge in [-0.15, -0.1) is 0 Å². The van der Waals surface area contributed by atoms with Crippen molar-refractivity contribution in [3.8, 4) is 5.75 Å². The van der Waals surface area contributed by atoms with Gasteiger partial charge in [0.2, 0.25) is 15.9 Å². The number of nitrogens with one attached hydrogen (secondary N) is 1. The van der Waals surface area contributed by atoms with Crippen molar-refractivity contribution in [2.45, 2.75) is 43.7 Å². The number of fused-ring (bicyclic) bond motifs is 1. The van der Waals surface area contributed by atoms with Gasteiger partial charge < -0.3 is 24.8 Å². The van der Waals surface area contributed by atoms with E-state index in [-0.39, 0.29) is 59.6 Å². The molecular formula is C28H36FN3O7S. The third kappa shape index (κ3) is 6.46. The number of ether oxygens (including phenoxy) is 2. The van der Waals surface area contributed by atoms with Gasteiger partial charge in [0.05, 0.1) is 35.3 Å². The molecule has 4 rings (SSSR count). The summed E-state index contributed by atoms with van der Waals surface area (Å²) in [6.07, 6.45) is 0.420. The van der Waals surface area contributed by atoms with E-state index < -0.39 is 28.0 Å². The summed E-state index contributed by atoms with van der Waals surface area (Å²) in [5, 5.41) is 12.8. The maximum absolute atomic E-state index is 13.6. The quantitative estimate of drug-likeness (QED) is 0.494. The fraction of sp³-hybridized carbons (Fsp3) is 0.500. The molecule has 2 heterocycles. The Morgan fingerprint density at radius 2 is 1.88 bits per heavy atom. The number of hydrogen-bond acceptors (Lipinski definition) is 7. The molecule has 10 nitrogen and oxygen atoms in total. The standard InChI is InChI=1S/C28H36FN3O7S/c1-18-15-32(19(2)17-33)28(35)23-5-4-6-24(30-27(34)20-11-13-38-14-12-20)26(23)39-25(18)16-31(3)40(36,37)22-9-7-21(29)8-10-22/h4-10,18-20,25,33H,11-17H2,1-3H3,(H,30,34)/t18-,19-,25-/m0/s1. The van der Waals surface area contributed by atoms with Gasteiger partial charge in [-0.05, 0) is 56.2 Å². The highest BCUT2D eigenvalue weighted by Gasteiger charge is 2.36. The zero-order valence-electron chi connectivity index (χ0n) is 22.9. The molecule has 2 amide bonds. The minimum Gasteiger partial charge on any atom is -0.486 e. The molecule has 40 heavy (non-hydrogen) atoms. The van der Waals surface area contributed by atoms with Gasteiger partial charge in [-0.25, -0.2) is 12.8 Å². The first-order chi connectivity index (χ1) is 19.0. The number of para-hydroxylation sites is 1. The molecule has 1 fully saturated rings. The summed E-state index contributed by atoms with van der Waals surface area (Å²) < 4.78 is 52.8. The van der Waals surface area contributed by atoms with Crippen molar-refractivity contribution in [1.29, 1.82) is 0 Å². The predicted octanol–water partition coefficient (Wildman–Crippen LogP) is 2.73. The molecule has 0 saturated carbocycles. The number of aliphatic hydroxyl groups excluding tert-OH is 1. The van der Waals surface area contributed by atoms with Crippen LogP contribution >= 0.6 is 0 Å². The first-order valence-electron chi connectivity index (χ1n) is 13.3. The van der Waals surface area contributed by atoms with E-state index >= 15 is 0 Å². The summed E-state index contributed by atoms with van der Waals surface area (Å²) in [4.78, 5) is 28.2. The number of halogens is 1. The average Bonchev–Trinajstić information content (AvgIpc) is 2.95. The second-order valence-corrected chi connectivity index (χ2v) is 12.5. The minimum atomic E-state index is -3.98. The lowest BCUT2D eigenvalue weighted by atomic mass is 9.98. The van der Waals surface area contributed by atoms with Gasteiger partial charge in [-0.2, -0.15) is 4.31 Å². The number of nitrogens with zero attached hydrogens (tertiary/aromatic N) is 2. The lowest BCUT2D eigenvalue weighted by Crippen LogP contribution is -2.50. The number of likely N-dealkylation sites (N-methyl/N-ethyl adjacent to an activating group) is 1. The van der Waals surface area contributed by atoms with E-state index in [0.717, 1.165) is 16.4 Å². The van der Waals surface area contributed by atoms with E-state index in [9.17, 15) is 27.5 Å². The Hall–Kier alpha value is -3.06. The molecule has 2 aromatic carbocycles. The number of carbonyl (C=O) groups excluding carboxylic acids is 2. The van der Waals surface area contributed by atoms with Gasteiger partial charge in [0.15, 0.2) is 5.75 Å². The highest BCUT2D eigenvalue weighted by Crippen LogP contribution is 2.36. The minimum absolute atomic E-state index is 0.0644. The van der Waals surface area contributed by atoms with Crippen LogP contribution in [0.5, 0.6) is 5.75 Å². The normalized spacial score (nSPS) is 21.2. The third-order valence-electron chi connectivity index (χ3n) is 7.50. The first-order valence-corrected chi connectivity index (χ1v) is 14.8. The van der Waals surface area contributed by atoms with Gasteiger partial charge in [0.25, 0.3) is 5.91 Å². The molecule has 0 unspecified atom stereocenters. The van der Waals surface area contributed by atoms with E-state index in [1.54, 1.807) is 25.1 Å². The number of sulfonamides is 1. The Balaban J connectivity index is 1.69. The molecule has 3 atom stereocenters. The number of aliphatic hydroxyl groups is 1. The number of amides is 2. The van der Waals surface area contributed by atoms with E-state index in [1.165, 1.54) is 24.1 Å². The van der Waals surface area contributed by atoms with Crippen LogP contribution in [0.25, 0.3) is 0 Å². The molecule has 12 heteroatoms. The first kappa shape index (κ1) is 29.9. The fourth-order valence-electron chi connectivity index (χ4n) is 4.89. The Bertz CT molecular complexity index is 1320. The maximum atomic E-state index is 13.6. The lowest BCUT2D eigenvalue weighted by Gasteiger charge is -2.38. The summed E-state index contributed by atoms with van der Waals surface area (Å²) in [6, 6.07) is 8.93. The molecular weight excluding hydrogens is 541 g/mol.